The van der Waals surface area contributed by atoms with E-state index in [1.54, 1.807) is 19.2 Å². The van der Waals surface area contributed by atoms with Gasteiger partial charge in [0.05, 0.1) is 24.9 Å². The minimum Gasteiger partial charge on any atom is -0.394 e. The molecule has 2 rings (SSSR count). The smallest absolute Gasteiger partial charge is 0.315 e. The second-order valence-electron chi connectivity index (χ2n) is 4.99. The van der Waals surface area contributed by atoms with E-state index >= 15 is 0 Å². The number of aromatic nitrogens is 2. The largest absolute Gasteiger partial charge is 0.394 e. The number of carbonyl (C=O) groups excluding carboxylic acids is 1. The van der Waals surface area contributed by atoms with Crippen LogP contribution in [0.2, 0.25) is 0 Å². The number of aliphatic hydroxyl groups excluding tert-OH is 1. The van der Waals surface area contributed by atoms with Crippen molar-refractivity contribution in [2.75, 3.05) is 6.61 Å². The van der Waals surface area contributed by atoms with Crippen molar-refractivity contribution in [2.45, 2.75) is 25.9 Å². The molecule has 0 bridgehead atoms. The number of urea groups is 1. The molecule has 6 nitrogen and oxygen atoms in total. The summed E-state index contributed by atoms with van der Waals surface area (Å²) in [4.78, 5) is 20.1. The zero-order valence-corrected chi connectivity index (χ0v) is 12.5. The Kier molecular flexibility index (Phi) is 5.85. The Morgan fingerprint density at radius 1 is 1.27 bits per heavy atom. The first-order chi connectivity index (χ1) is 10.7. The molecule has 0 saturated heterocycles. The Morgan fingerprint density at radius 3 is 2.73 bits per heavy atom. The van der Waals surface area contributed by atoms with Crippen LogP contribution in [0.1, 0.15) is 17.1 Å². The van der Waals surface area contributed by atoms with Crippen LogP contribution >= 0.6 is 0 Å². The van der Waals surface area contributed by atoms with Crippen molar-refractivity contribution in [1.82, 2.24) is 20.6 Å². The molecule has 0 spiro atoms. The van der Waals surface area contributed by atoms with Crippen LogP contribution in [0.4, 0.5) is 4.79 Å². The molecule has 1 heterocycles. The number of hydrogen-bond donors (Lipinski definition) is 3. The molecule has 1 aromatic heterocycles. The fraction of sp³-hybridized carbons (Fsp3) is 0.312. The van der Waals surface area contributed by atoms with Crippen molar-refractivity contribution >= 4 is 6.03 Å². The van der Waals surface area contributed by atoms with E-state index in [9.17, 15) is 9.90 Å². The van der Waals surface area contributed by atoms with E-state index in [0.29, 0.717) is 18.8 Å². The first-order valence-corrected chi connectivity index (χ1v) is 7.15. The van der Waals surface area contributed by atoms with Crippen LogP contribution in [-0.4, -0.2) is 33.8 Å². The molecule has 6 heteroatoms. The summed E-state index contributed by atoms with van der Waals surface area (Å²) in [5, 5.41) is 14.9. The zero-order valence-electron chi connectivity index (χ0n) is 12.5. The van der Waals surface area contributed by atoms with Gasteiger partial charge in [0.25, 0.3) is 0 Å². The molecule has 0 radical (unpaired) electrons. The van der Waals surface area contributed by atoms with Gasteiger partial charge >= 0.3 is 6.03 Å². The second kappa shape index (κ2) is 8.09. The molecule has 0 saturated carbocycles. The first-order valence-electron chi connectivity index (χ1n) is 7.15. The highest BCUT2D eigenvalue weighted by Crippen LogP contribution is 2.03. The van der Waals surface area contributed by atoms with Crippen LogP contribution in [0.5, 0.6) is 0 Å². The maximum Gasteiger partial charge on any atom is 0.315 e. The number of benzene rings is 1. The minimum atomic E-state index is -0.328. The summed E-state index contributed by atoms with van der Waals surface area (Å²) in [7, 11) is 0. The predicted octanol–water partition coefficient (Wildman–Crippen LogP) is 1.19. The molecule has 2 amide bonds. The number of aliphatic hydroxyl groups is 1. The van der Waals surface area contributed by atoms with Gasteiger partial charge in [0.15, 0.2) is 0 Å². The Hall–Kier alpha value is -2.47. The molecule has 0 aliphatic carbocycles. The molecule has 22 heavy (non-hydrogen) atoms. The average molecular weight is 300 g/mol. The Bertz CT molecular complexity index is 604. The van der Waals surface area contributed by atoms with Crippen molar-refractivity contribution in [1.29, 1.82) is 0 Å². The third-order valence-corrected chi connectivity index (χ3v) is 3.14. The van der Waals surface area contributed by atoms with Crippen LogP contribution in [0.25, 0.3) is 0 Å². The highest BCUT2D eigenvalue weighted by molar-refractivity contribution is 5.74. The van der Waals surface area contributed by atoms with Crippen molar-refractivity contribution < 1.29 is 9.90 Å². The number of aryl methyl sites for hydroxylation is 1. The first kappa shape index (κ1) is 15.9. The zero-order chi connectivity index (χ0) is 15.8. The number of rotatable bonds is 6. The van der Waals surface area contributed by atoms with Crippen LogP contribution in [0, 0.1) is 6.92 Å². The lowest BCUT2D eigenvalue weighted by Crippen LogP contribution is -2.44. The Balaban J connectivity index is 1.82. The van der Waals surface area contributed by atoms with Crippen LogP contribution in [0.3, 0.4) is 0 Å². The normalized spacial score (nSPS) is 11.7. The van der Waals surface area contributed by atoms with Gasteiger partial charge in [-0.2, -0.15) is 0 Å². The molecule has 0 fully saturated rings. The molecular weight excluding hydrogens is 280 g/mol. The molecule has 116 valence electrons. The summed E-state index contributed by atoms with van der Waals surface area (Å²) >= 11 is 0. The summed E-state index contributed by atoms with van der Waals surface area (Å²) in [5.41, 5.74) is 1.81. The van der Waals surface area contributed by atoms with Gasteiger partial charge in [0.2, 0.25) is 0 Å². The van der Waals surface area contributed by atoms with E-state index in [1.165, 1.54) is 0 Å². The minimum absolute atomic E-state index is 0.116. The second-order valence-corrected chi connectivity index (χ2v) is 4.99. The van der Waals surface area contributed by atoms with Gasteiger partial charge in [-0.15, -0.1) is 0 Å². The topological polar surface area (TPSA) is 87.1 Å². The molecular formula is C16H20N4O2. The fourth-order valence-electron chi connectivity index (χ4n) is 2.07. The maximum atomic E-state index is 11.9. The van der Waals surface area contributed by atoms with Gasteiger partial charge in [-0.3, -0.25) is 0 Å². The van der Waals surface area contributed by atoms with Gasteiger partial charge in [-0.25, -0.2) is 14.8 Å². The lowest BCUT2D eigenvalue weighted by Gasteiger charge is -2.17. The van der Waals surface area contributed by atoms with E-state index in [4.69, 9.17) is 0 Å². The number of carbonyl (C=O) groups is 1. The van der Waals surface area contributed by atoms with E-state index < -0.39 is 0 Å². The molecule has 0 aliphatic rings. The van der Waals surface area contributed by atoms with Gasteiger partial charge in [-0.05, 0) is 25.0 Å². The summed E-state index contributed by atoms with van der Waals surface area (Å²) in [5.74, 6) is 0.664. The number of nitrogens with one attached hydrogen (secondary N) is 2. The maximum absolute atomic E-state index is 11.9. The third kappa shape index (κ3) is 5.14. The van der Waals surface area contributed by atoms with Gasteiger partial charge in [0.1, 0.15) is 5.82 Å². The summed E-state index contributed by atoms with van der Waals surface area (Å²) in [6, 6.07) is 10.8. The van der Waals surface area contributed by atoms with Crippen LogP contribution in [0.15, 0.2) is 42.6 Å². The molecule has 1 aromatic carbocycles. The lowest BCUT2D eigenvalue weighted by molar-refractivity contribution is 0.215. The fourth-order valence-corrected chi connectivity index (χ4v) is 2.07. The van der Waals surface area contributed by atoms with Crippen LogP contribution < -0.4 is 10.6 Å². The standard InChI is InChI=1S/C16H20N4O2/c1-12-17-8-7-14(19-12)10-18-16(22)20-15(11-21)9-13-5-3-2-4-6-13/h2-8,15,21H,9-11H2,1H3,(H2,18,20,22)/t15-/m0/s1. The molecule has 2 aromatic rings. The van der Waals surface area contributed by atoms with E-state index in [2.05, 4.69) is 20.6 Å². The number of nitrogens with zero attached hydrogens (tertiary/aromatic N) is 2. The molecule has 1 atom stereocenters. The Labute approximate surface area is 129 Å². The Morgan fingerprint density at radius 2 is 2.05 bits per heavy atom. The van der Waals surface area contributed by atoms with Gasteiger partial charge < -0.3 is 15.7 Å². The highest BCUT2D eigenvalue weighted by atomic mass is 16.3. The summed E-state index contributed by atoms with van der Waals surface area (Å²) in [6.45, 7) is 2.00. The van der Waals surface area contributed by atoms with Crippen molar-refractivity contribution in [3.05, 3.63) is 59.7 Å². The van der Waals surface area contributed by atoms with Gasteiger partial charge in [-0.1, -0.05) is 30.3 Å². The van der Waals surface area contributed by atoms with Crippen molar-refractivity contribution in [3.8, 4) is 0 Å². The van der Waals surface area contributed by atoms with Gasteiger partial charge in [0, 0.05) is 6.20 Å². The molecule has 0 aliphatic heterocycles. The number of hydrogen-bond acceptors (Lipinski definition) is 4. The van der Waals surface area contributed by atoms with Crippen LogP contribution in [-0.2, 0) is 13.0 Å². The van der Waals surface area contributed by atoms with E-state index in [1.807, 2.05) is 30.3 Å². The average Bonchev–Trinajstić information content (AvgIpc) is 2.53. The van der Waals surface area contributed by atoms with Crippen molar-refractivity contribution in [2.24, 2.45) is 0 Å². The van der Waals surface area contributed by atoms with E-state index in [0.717, 1.165) is 11.3 Å². The number of amides is 2. The summed E-state index contributed by atoms with van der Waals surface area (Å²) in [6.07, 6.45) is 2.24. The predicted molar refractivity (Wildman–Crippen MR) is 83.2 cm³/mol. The van der Waals surface area contributed by atoms with E-state index in [-0.39, 0.29) is 18.7 Å². The highest BCUT2D eigenvalue weighted by Gasteiger charge is 2.11. The molecule has 3 N–H and O–H groups in total. The molecule has 0 unspecified atom stereocenters. The lowest BCUT2D eigenvalue weighted by atomic mass is 10.1. The third-order valence-electron chi connectivity index (χ3n) is 3.14. The monoisotopic (exact) mass is 300 g/mol. The SMILES string of the molecule is Cc1nccc(CNC(=O)N[C@H](CO)Cc2ccccc2)n1. The quantitative estimate of drug-likeness (QED) is 0.748. The summed E-state index contributed by atoms with van der Waals surface area (Å²) < 4.78 is 0. The van der Waals surface area contributed by atoms with Crippen molar-refractivity contribution in [3.63, 3.8) is 0 Å².